The number of nitrogens with one attached hydrogen (secondary N) is 1. The van der Waals surface area contributed by atoms with Gasteiger partial charge in [0.15, 0.2) is 0 Å². The van der Waals surface area contributed by atoms with E-state index in [1.165, 1.54) is 11.1 Å². The Morgan fingerprint density at radius 3 is 2.73 bits per heavy atom. The second-order valence-electron chi connectivity index (χ2n) is 9.55. The number of phenolic OH excluding ortho intramolecular Hbond substituents is 1. The van der Waals surface area contributed by atoms with Crippen LogP contribution >= 0.6 is 15.9 Å². The van der Waals surface area contributed by atoms with Crippen LogP contribution in [0.2, 0.25) is 0 Å². The van der Waals surface area contributed by atoms with Crippen LogP contribution in [0.1, 0.15) is 56.1 Å². The van der Waals surface area contributed by atoms with E-state index < -0.39 is 10.0 Å². The summed E-state index contributed by atoms with van der Waals surface area (Å²) in [6.07, 6.45) is 6.24. The van der Waals surface area contributed by atoms with Gasteiger partial charge in [-0.25, -0.2) is 13.1 Å². The van der Waals surface area contributed by atoms with Gasteiger partial charge in [-0.15, -0.1) is 0 Å². The average Bonchev–Trinajstić information content (AvgIpc) is 3.03. The number of phenols is 1. The van der Waals surface area contributed by atoms with E-state index in [1.54, 1.807) is 18.2 Å². The first-order valence-corrected chi connectivity index (χ1v) is 13.2. The highest BCUT2D eigenvalue weighted by molar-refractivity contribution is 9.10. The SMILES string of the molecule is C[C@]12CCC3c4ccc(O)cc4CCC3C1CC[C@@H]2NS(=O)(=O)c1cccc(Br)c1. The Hall–Kier alpha value is -1.37. The molecule has 6 heteroatoms. The van der Waals surface area contributed by atoms with Crippen LogP contribution in [-0.4, -0.2) is 19.6 Å². The van der Waals surface area contributed by atoms with Gasteiger partial charge < -0.3 is 5.11 Å². The summed E-state index contributed by atoms with van der Waals surface area (Å²) in [5.74, 6) is 2.03. The highest BCUT2D eigenvalue weighted by atomic mass is 79.9. The first kappa shape index (κ1) is 20.5. The molecule has 3 aliphatic rings. The van der Waals surface area contributed by atoms with Crippen molar-refractivity contribution in [3.8, 4) is 5.75 Å². The van der Waals surface area contributed by atoms with Gasteiger partial charge >= 0.3 is 0 Å². The Bertz CT molecular complexity index is 1090. The lowest BCUT2D eigenvalue weighted by molar-refractivity contribution is 0.0462. The second kappa shape index (κ2) is 7.35. The maximum absolute atomic E-state index is 13.1. The molecule has 0 aliphatic heterocycles. The Labute approximate surface area is 187 Å². The maximum Gasteiger partial charge on any atom is 0.240 e. The molecular formula is C24H28BrNO3S. The summed E-state index contributed by atoms with van der Waals surface area (Å²) >= 11 is 3.38. The molecule has 2 aromatic rings. The molecule has 0 amide bonds. The lowest BCUT2D eigenvalue weighted by Gasteiger charge is -2.51. The van der Waals surface area contributed by atoms with E-state index in [0.29, 0.717) is 28.4 Å². The summed E-state index contributed by atoms with van der Waals surface area (Å²) in [5.41, 5.74) is 2.70. The topological polar surface area (TPSA) is 66.4 Å². The molecule has 0 heterocycles. The average molecular weight is 490 g/mol. The summed E-state index contributed by atoms with van der Waals surface area (Å²) in [4.78, 5) is 0.323. The van der Waals surface area contributed by atoms with Gasteiger partial charge in [0, 0.05) is 10.5 Å². The van der Waals surface area contributed by atoms with Crippen molar-refractivity contribution in [3.05, 3.63) is 58.1 Å². The summed E-state index contributed by atoms with van der Waals surface area (Å²) in [7, 11) is -3.55. The van der Waals surface area contributed by atoms with Crippen LogP contribution < -0.4 is 4.72 Å². The predicted octanol–water partition coefficient (Wildman–Crippen LogP) is 5.36. The Morgan fingerprint density at radius 1 is 1.10 bits per heavy atom. The largest absolute Gasteiger partial charge is 0.508 e. The van der Waals surface area contributed by atoms with E-state index in [0.717, 1.165) is 43.0 Å². The van der Waals surface area contributed by atoms with E-state index >= 15 is 0 Å². The van der Waals surface area contributed by atoms with Crippen molar-refractivity contribution in [2.45, 2.75) is 62.3 Å². The Kier molecular flexibility index (Phi) is 5.03. The molecule has 2 fully saturated rings. The number of hydrogen-bond donors (Lipinski definition) is 2. The molecule has 2 N–H and O–H groups in total. The van der Waals surface area contributed by atoms with Gasteiger partial charge in [0.1, 0.15) is 5.75 Å². The van der Waals surface area contributed by atoms with Crippen molar-refractivity contribution in [1.82, 2.24) is 4.72 Å². The molecule has 0 radical (unpaired) electrons. The Balaban J connectivity index is 1.40. The van der Waals surface area contributed by atoms with Crippen molar-refractivity contribution in [1.29, 1.82) is 0 Å². The highest BCUT2D eigenvalue weighted by Crippen LogP contribution is 2.61. The lowest BCUT2D eigenvalue weighted by Crippen LogP contribution is -2.50. The number of benzene rings is 2. The minimum Gasteiger partial charge on any atom is -0.508 e. The van der Waals surface area contributed by atoms with Crippen LogP contribution in [0.3, 0.4) is 0 Å². The van der Waals surface area contributed by atoms with Gasteiger partial charge in [-0.05, 0) is 103 Å². The zero-order valence-electron chi connectivity index (χ0n) is 17.1. The van der Waals surface area contributed by atoms with Gasteiger partial charge in [-0.3, -0.25) is 0 Å². The van der Waals surface area contributed by atoms with Crippen LogP contribution in [0.25, 0.3) is 0 Å². The highest BCUT2D eigenvalue weighted by Gasteiger charge is 2.55. The molecule has 0 bridgehead atoms. The second-order valence-corrected chi connectivity index (χ2v) is 12.2. The van der Waals surface area contributed by atoms with Gasteiger partial charge in [-0.1, -0.05) is 35.0 Å². The number of halogens is 1. The molecule has 30 heavy (non-hydrogen) atoms. The predicted molar refractivity (Wildman–Crippen MR) is 121 cm³/mol. The van der Waals surface area contributed by atoms with Crippen molar-refractivity contribution in [2.24, 2.45) is 17.3 Å². The lowest BCUT2D eigenvalue weighted by atomic mass is 9.55. The van der Waals surface area contributed by atoms with E-state index in [-0.39, 0.29) is 11.5 Å². The van der Waals surface area contributed by atoms with Crippen LogP contribution in [0.4, 0.5) is 0 Å². The fourth-order valence-corrected chi connectivity index (χ4v) is 8.64. The number of rotatable bonds is 3. The third-order valence-corrected chi connectivity index (χ3v) is 10.1. The van der Waals surface area contributed by atoms with E-state index in [9.17, 15) is 13.5 Å². The number of aromatic hydroxyl groups is 1. The van der Waals surface area contributed by atoms with Crippen molar-refractivity contribution in [2.75, 3.05) is 0 Å². The summed E-state index contributed by atoms with van der Waals surface area (Å²) < 4.78 is 30.0. The summed E-state index contributed by atoms with van der Waals surface area (Å²) in [5, 5.41) is 9.86. The molecule has 5 atom stereocenters. The molecule has 2 aromatic carbocycles. The number of sulfonamides is 1. The number of aryl methyl sites for hydroxylation is 1. The van der Waals surface area contributed by atoms with Crippen LogP contribution in [0.5, 0.6) is 5.75 Å². The first-order valence-electron chi connectivity index (χ1n) is 10.9. The minimum absolute atomic E-state index is 0.00529. The fraction of sp³-hybridized carbons (Fsp3) is 0.500. The normalized spacial score (nSPS) is 32.9. The van der Waals surface area contributed by atoms with Gasteiger partial charge in [0.2, 0.25) is 10.0 Å². The fourth-order valence-electron chi connectivity index (χ4n) is 6.65. The van der Waals surface area contributed by atoms with Gasteiger partial charge in [-0.2, -0.15) is 0 Å². The molecule has 3 aliphatic carbocycles. The molecule has 0 aromatic heterocycles. The molecule has 160 valence electrons. The molecule has 0 spiro atoms. The quantitative estimate of drug-likeness (QED) is 0.609. The van der Waals surface area contributed by atoms with Crippen LogP contribution in [-0.2, 0) is 16.4 Å². The molecule has 5 rings (SSSR count). The zero-order chi connectivity index (χ0) is 21.1. The molecule has 3 unspecified atom stereocenters. The van der Waals surface area contributed by atoms with E-state index in [1.807, 2.05) is 18.2 Å². The van der Waals surface area contributed by atoms with Crippen molar-refractivity contribution < 1.29 is 13.5 Å². The third kappa shape index (κ3) is 3.32. The summed E-state index contributed by atoms with van der Waals surface area (Å²) in [6, 6.07) is 12.8. The standard InChI is InChI=1S/C24H28BrNO3S/c1-24-12-11-20-19-8-6-17(27)13-15(19)5-7-21(20)22(24)9-10-23(24)26-30(28,29)18-4-2-3-16(25)14-18/h2-4,6,8,13-14,20-23,26-27H,5,7,9-12H2,1H3/t20?,21?,22?,23-,24-/m0/s1. The molecule has 4 nitrogen and oxygen atoms in total. The minimum atomic E-state index is -3.55. The van der Waals surface area contributed by atoms with E-state index in [4.69, 9.17) is 0 Å². The third-order valence-electron chi connectivity index (χ3n) is 8.11. The smallest absolute Gasteiger partial charge is 0.240 e. The molecule has 0 saturated heterocycles. The molecular weight excluding hydrogens is 462 g/mol. The summed E-state index contributed by atoms with van der Waals surface area (Å²) in [6.45, 7) is 2.31. The van der Waals surface area contributed by atoms with Gasteiger partial charge in [0.05, 0.1) is 4.90 Å². The van der Waals surface area contributed by atoms with E-state index in [2.05, 4.69) is 33.6 Å². The van der Waals surface area contributed by atoms with Crippen molar-refractivity contribution >= 4 is 26.0 Å². The monoisotopic (exact) mass is 489 g/mol. The maximum atomic E-state index is 13.1. The number of fused-ring (bicyclic) bond motifs is 5. The zero-order valence-corrected chi connectivity index (χ0v) is 19.5. The number of hydrogen-bond acceptors (Lipinski definition) is 3. The molecule has 2 saturated carbocycles. The van der Waals surface area contributed by atoms with Crippen LogP contribution in [0.15, 0.2) is 51.8 Å². The van der Waals surface area contributed by atoms with Crippen LogP contribution in [0, 0.1) is 17.3 Å². The van der Waals surface area contributed by atoms with Crippen molar-refractivity contribution in [3.63, 3.8) is 0 Å². The Morgan fingerprint density at radius 2 is 1.93 bits per heavy atom. The first-order chi connectivity index (χ1) is 14.3. The van der Waals surface area contributed by atoms with Gasteiger partial charge in [0.25, 0.3) is 0 Å².